The SMILES string of the molecule is CCCCCCCC(CCCCCCC)OC(=O)C(C)NC(=O)OC(C)(C)C. The van der Waals surface area contributed by atoms with Crippen molar-refractivity contribution in [3.05, 3.63) is 0 Å². The number of carbonyl (C=O) groups excluding carboxylic acids is 2. The van der Waals surface area contributed by atoms with Crippen LogP contribution in [0, 0.1) is 0 Å². The van der Waals surface area contributed by atoms with E-state index >= 15 is 0 Å². The largest absolute Gasteiger partial charge is 0.461 e. The van der Waals surface area contributed by atoms with Crippen LogP contribution in [0.3, 0.4) is 0 Å². The van der Waals surface area contributed by atoms with Crippen molar-refractivity contribution < 1.29 is 19.1 Å². The predicted octanol–water partition coefficient (Wildman–Crippen LogP) is 6.53. The number of alkyl carbamates (subject to hydrolysis) is 1. The molecule has 0 aliphatic carbocycles. The number of hydrogen-bond acceptors (Lipinski definition) is 4. The van der Waals surface area contributed by atoms with Crippen LogP contribution in [0.2, 0.25) is 0 Å². The van der Waals surface area contributed by atoms with Gasteiger partial charge in [-0.3, -0.25) is 0 Å². The molecule has 0 heterocycles. The fourth-order valence-corrected chi connectivity index (χ4v) is 3.02. The molecule has 0 saturated carbocycles. The van der Waals surface area contributed by atoms with Crippen LogP contribution in [-0.2, 0) is 14.3 Å². The zero-order valence-electron chi connectivity index (χ0n) is 19.3. The third-order valence-corrected chi connectivity index (χ3v) is 4.63. The van der Waals surface area contributed by atoms with E-state index < -0.39 is 17.7 Å². The summed E-state index contributed by atoms with van der Waals surface area (Å²) in [5, 5.41) is 2.57. The van der Waals surface area contributed by atoms with E-state index in [9.17, 15) is 9.59 Å². The average molecular weight is 400 g/mol. The van der Waals surface area contributed by atoms with Gasteiger partial charge in [-0.05, 0) is 53.4 Å². The van der Waals surface area contributed by atoms with E-state index in [0.29, 0.717) is 0 Å². The molecule has 0 aliphatic rings. The van der Waals surface area contributed by atoms with Crippen LogP contribution >= 0.6 is 0 Å². The molecular weight excluding hydrogens is 354 g/mol. The molecule has 28 heavy (non-hydrogen) atoms. The Kier molecular flexibility index (Phi) is 14.9. The minimum absolute atomic E-state index is 0.0568. The van der Waals surface area contributed by atoms with Crippen LogP contribution in [0.25, 0.3) is 0 Å². The summed E-state index contributed by atoms with van der Waals surface area (Å²) in [7, 11) is 0. The zero-order chi connectivity index (χ0) is 21.4. The maximum atomic E-state index is 12.4. The molecule has 0 spiro atoms. The summed E-state index contributed by atoms with van der Waals surface area (Å²) in [5.74, 6) is -0.377. The highest BCUT2D eigenvalue weighted by Gasteiger charge is 2.24. The lowest BCUT2D eigenvalue weighted by Gasteiger charge is -2.23. The zero-order valence-corrected chi connectivity index (χ0v) is 19.3. The number of hydrogen-bond donors (Lipinski definition) is 1. The van der Waals surface area contributed by atoms with E-state index in [-0.39, 0.29) is 12.1 Å². The van der Waals surface area contributed by atoms with Crippen molar-refractivity contribution in [2.45, 2.75) is 136 Å². The Morgan fingerprint density at radius 2 is 1.29 bits per heavy atom. The van der Waals surface area contributed by atoms with Crippen molar-refractivity contribution in [2.24, 2.45) is 0 Å². The van der Waals surface area contributed by atoms with Crippen molar-refractivity contribution in [3.8, 4) is 0 Å². The quantitative estimate of drug-likeness (QED) is 0.251. The molecule has 0 aromatic heterocycles. The van der Waals surface area contributed by atoms with Gasteiger partial charge in [0.05, 0.1) is 0 Å². The van der Waals surface area contributed by atoms with Crippen LogP contribution < -0.4 is 5.32 Å². The summed E-state index contributed by atoms with van der Waals surface area (Å²) < 4.78 is 11.0. The van der Waals surface area contributed by atoms with Gasteiger partial charge in [-0.15, -0.1) is 0 Å². The standard InChI is InChI=1S/C23H45NO4/c1-7-9-11-13-15-17-20(18-16-14-12-10-8-2)27-21(25)19(3)24-22(26)28-23(4,5)6/h19-20H,7-18H2,1-6H3,(H,24,26). The average Bonchev–Trinajstić information content (AvgIpc) is 2.59. The van der Waals surface area contributed by atoms with E-state index in [4.69, 9.17) is 9.47 Å². The van der Waals surface area contributed by atoms with E-state index in [2.05, 4.69) is 19.2 Å². The highest BCUT2D eigenvalue weighted by molar-refractivity contribution is 5.81. The molecule has 0 rings (SSSR count). The predicted molar refractivity (Wildman–Crippen MR) is 115 cm³/mol. The molecule has 0 aliphatic heterocycles. The maximum Gasteiger partial charge on any atom is 0.408 e. The molecule has 166 valence electrons. The maximum absolute atomic E-state index is 12.4. The monoisotopic (exact) mass is 399 g/mol. The first-order valence-corrected chi connectivity index (χ1v) is 11.4. The van der Waals surface area contributed by atoms with Crippen LogP contribution in [0.4, 0.5) is 4.79 Å². The first kappa shape index (κ1) is 26.7. The Labute approximate surface area is 173 Å². The van der Waals surface area contributed by atoms with Crippen LogP contribution in [0.1, 0.15) is 119 Å². The van der Waals surface area contributed by atoms with Gasteiger partial charge in [0.2, 0.25) is 0 Å². The van der Waals surface area contributed by atoms with Crippen molar-refractivity contribution >= 4 is 12.1 Å². The smallest absolute Gasteiger partial charge is 0.408 e. The van der Waals surface area contributed by atoms with E-state index in [0.717, 1.165) is 25.7 Å². The van der Waals surface area contributed by atoms with Gasteiger partial charge in [0.1, 0.15) is 17.7 Å². The Balaban J connectivity index is 4.44. The number of esters is 1. The van der Waals surface area contributed by atoms with Crippen molar-refractivity contribution in [2.75, 3.05) is 0 Å². The molecule has 0 bridgehead atoms. The number of nitrogens with one attached hydrogen (secondary N) is 1. The number of rotatable bonds is 15. The molecule has 1 amide bonds. The number of carbonyl (C=O) groups is 2. The molecular formula is C23H45NO4. The van der Waals surface area contributed by atoms with Crippen molar-refractivity contribution in [1.29, 1.82) is 0 Å². The van der Waals surface area contributed by atoms with Gasteiger partial charge in [0.25, 0.3) is 0 Å². The molecule has 5 nitrogen and oxygen atoms in total. The number of amides is 1. The van der Waals surface area contributed by atoms with Gasteiger partial charge in [0, 0.05) is 0 Å². The third-order valence-electron chi connectivity index (χ3n) is 4.63. The van der Waals surface area contributed by atoms with Crippen LogP contribution in [-0.4, -0.2) is 29.8 Å². The second-order valence-corrected chi connectivity index (χ2v) is 8.83. The van der Waals surface area contributed by atoms with Gasteiger partial charge in [0.15, 0.2) is 0 Å². The molecule has 5 heteroatoms. The molecule has 0 saturated heterocycles. The van der Waals surface area contributed by atoms with Gasteiger partial charge >= 0.3 is 12.1 Å². The van der Waals surface area contributed by atoms with Gasteiger partial charge in [-0.2, -0.15) is 0 Å². The van der Waals surface area contributed by atoms with E-state index in [1.807, 2.05) is 0 Å². The second kappa shape index (κ2) is 15.6. The highest BCUT2D eigenvalue weighted by atomic mass is 16.6. The molecule has 1 unspecified atom stereocenters. The Morgan fingerprint density at radius 3 is 1.71 bits per heavy atom. The lowest BCUT2D eigenvalue weighted by molar-refractivity contribution is -0.152. The number of unbranched alkanes of at least 4 members (excludes halogenated alkanes) is 8. The van der Waals surface area contributed by atoms with Gasteiger partial charge in [-0.1, -0.05) is 65.2 Å². The minimum atomic E-state index is -0.711. The molecule has 0 radical (unpaired) electrons. The summed E-state index contributed by atoms with van der Waals surface area (Å²) >= 11 is 0. The van der Waals surface area contributed by atoms with Gasteiger partial charge in [-0.25, -0.2) is 9.59 Å². The molecule has 0 aromatic carbocycles. The van der Waals surface area contributed by atoms with Crippen molar-refractivity contribution in [3.63, 3.8) is 0 Å². The Bertz CT molecular complexity index is 403. The molecule has 1 N–H and O–H groups in total. The van der Waals surface area contributed by atoms with Crippen LogP contribution in [0.15, 0.2) is 0 Å². The first-order valence-electron chi connectivity index (χ1n) is 11.4. The van der Waals surface area contributed by atoms with E-state index in [1.54, 1.807) is 27.7 Å². The third kappa shape index (κ3) is 15.8. The van der Waals surface area contributed by atoms with Gasteiger partial charge < -0.3 is 14.8 Å². The lowest BCUT2D eigenvalue weighted by Crippen LogP contribution is -2.43. The first-order chi connectivity index (χ1) is 13.2. The normalized spacial score (nSPS) is 12.7. The molecule has 1 atom stereocenters. The molecule has 0 fully saturated rings. The molecule has 0 aromatic rings. The highest BCUT2D eigenvalue weighted by Crippen LogP contribution is 2.17. The summed E-state index contributed by atoms with van der Waals surface area (Å²) in [6.07, 6.45) is 13.2. The topological polar surface area (TPSA) is 64.6 Å². The summed E-state index contributed by atoms with van der Waals surface area (Å²) in [5.41, 5.74) is -0.590. The minimum Gasteiger partial charge on any atom is -0.461 e. The Morgan fingerprint density at radius 1 is 0.821 bits per heavy atom. The fraction of sp³-hybridized carbons (Fsp3) is 0.913. The van der Waals surface area contributed by atoms with Crippen LogP contribution in [0.5, 0.6) is 0 Å². The lowest BCUT2D eigenvalue weighted by atomic mass is 10.0. The van der Waals surface area contributed by atoms with Crippen molar-refractivity contribution in [1.82, 2.24) is 5.32 Å². The van der Waals surface area contributed by atoms with E-state index in [1.165, 1.54) is 51.4 Å². The summed E-state index contributed by atoms with van der Waals surface area (Å²) in [6.45, 7) is 11.4. The number of ether oxygens (including phenoxy) is 2. The fourth-order valence-electron chi connectivity index (χ4n) is 3.02. The summed E-state index contributed by atoms with van der Waals surface area (Å²) in [4.78, 5) is 24.3. The summed E-state index contributed by atoms with van der Waals surface area (Å²) in [6, 6.07) is -0.711. The Hall–Kier alpha value is -1.26. The second-order valence-electron chi connectivity index (χ2n) is 8.83.